The Balaban J connectivity index is 2.42. The van der Waals surface area contributed by atoms with Crippen molar-refractivity contribution in [1.29, 1.82) is 0 Å². The molecule has 106 valence electrons. The van der Waals surface area contributed by atoms with Crippen molar-refractivity contribution in [3.63, 3.8) is 0 Å². The maximum Gasteiger partial charge on any atom is 0.119 e. The van der Waals surface area contributed by atoms with Crippen LogP contribution >= 0.6 is 0 Å². The van der Waals surface area contributed by atoms with Crippen LogP contribution in [0.5, 0.6) is 11.5 Å². The van der Waals surface area contributed by atoms with Crippen molar-refractivity contribution >= 4 is 0 Å². The number of rotatable bonds is 6. The standard InChI is InChI=1S/C17H21NO2/c1-4-18-12-14-11-16(20-3)8-9-17(14)13-6-5-7-15(10-13)19-2/h5-11,18H,4,12H2,1-3H3. The molecule has 1 N–H and O–H groups in total. The maximum atomic E-state index is 5.32. The molecule has 0 aliphatic heterocycles. The van der Waals surface area contributed by atoms with Crippen LogP contribution in [0.3, 0.4) is 0 Å². The van der Waals surface area contributed by atoms with Gasteiger partial charge in [0.05, 0.1) is 14.2 Å². The van der Waals surface area contributed by atoms with Crippen LogP contribution in [0, 0.1) is 0 Å². The fourth-order valence-electron chi connectivity index (χ4n) is 2.18. The molecule has 0 aromatic heterocycles. The first kappa shape index (κ1) is 14.4. The van der Waals surface area contributed by atoms with E-state index in [2.05, 4.69) is 36.5 Å². The molecule has 0 aliphatic rings. The Morgan fingerprint density at radius 2 is 1.70 bits per heavy atom. The SMILES string of the molecule is CCNCc1cc(OC)ccc1-c1cccc(OC)c1. The first-order valence-corrected chi connectivity index (χ1v) is 6.80. The Morgan fingerprint density at radius 1 is 0.950 bits per heavy atom. The molecule has 0 radical (unpaired) electrons. The van der Waals surface area contributed by atoms with E-state index in [9.17, 15) is 0 Å². The second kappa shape index (κ2) is 6.96. The number of nitrogens with one attached hydrogen (secondary N) is 1. The first-order chi connectivity index (χ1) is 9.78. The summed E-state index contributed by atoms with van der Waals surface area (Å²) < 4.78 is 10.6. The van der Waals surface area contributed by atoms with E-state index < -0.39 is 0 Å². The van der Waals surface area contributed by atoms with Gasteiger partial charge in [0, 0.05) is 6.54 Å². The average molecular weight is 271 g/mol. The van der Waals surface area contributed by atoms with Crippen LogP contribution in [0.2, 0.25) is 0 Å². The van der Waals surface area contributed by atoms with Crippen molar-refractivity contribution in [2.45, 2.75) is 13.5 Å². The monoisotopic (exact) mass is 271 g/mol. The molecule has 0 aliphatic carbocycles. The van der Waals surface area contributed by atoms with E-state index >= 15 is 0 Å². The van der Waals surface area contributed by atoms with Crippen LogP contribution in [0.1, 0.15) is 12.5 Å². The molecule has 20 heavy (non-hydrogen) atoms. The highest BCUT2D eigenvalue weighted by molar-refractivity contribution is 5.69. The van der Waals surface area contributed by atoms with Crippen molar-refractivity contribution < 1.29 is 9.47 Å². The molecular weight excluding hydrogens is 250 g/mol. The Bertz CT molecular complexity index is 567. The summed E-state index contributed by atoms with van der Waals surface area (Å²) in [6.07, 6.45) is 0. The van der Waals surface area contributed by atoms with Crippen molar-refractivity contribution in [2.24, 2.45) is 0 Å². The molecule has 3 heteroatoms. The van der Waals surface area contributed by atoms with Gasteiger partial charge < -0.3 is 14.8 Å². The van der Waals surface area contributed by atoms with Gasteiger partial charge in [0.1, 0.15) is 11.5 Å². The van der Waals surface area contributed by atoms with Crippen LogP contribution in [0.25, 0.3) is 11.1 Å². The molecule has 0 saturated heterocycles. The summed E-state index contributed by atoms with van der Waals surface area (Å²) >= 11 is 0. The van der Waals surface area contributed by atoms with E-state index in [0.717, 1.165) is 30.2 Å². The second-order valence-corrected chi connectivity index (χ2v) is 4.54. The molecule has 0 unspecified atom stereocenters. The largest absolute Gasteiger partial charge is 0.497 e. The zero-order valence-electron chi connectivity index (χ0n) is 12.3. The predicted octanol–water partition coefficient (Wildman–Crippen LogP) is 3.48. The summed E-state index contributed by atoms with van der Waals surface area (Å²) in [4.78, 5) is 0. The number of ether oxygens (including phenoxy) is 2. The summed E-state index contributed by atoms with van der Waals surface area (Å²) in [6.45, 7) is 3.86. The fraction of sp³-hybridized carbons (Fsp3) is 0.294. The summed E-state index contributed by atoms with van der Waals surface area (Å²) in [5.74, 6) is 1.75. The minimum Gasteiger partial charge on any atom is -0.497 e. The lowest BCUT2D eigenvalue weighted by Crippen LogP contribution is -2.12. The molecule has 3 nitrogen and oxygen atoms in total. The first-order valence-electron chi connectivity index (χ1n) is 6.80. The molecule has 2 rings (SSSR count). The Kier molecular flexibility index (Phi) is 5.02. The summed E-state index contributed by atoms with van der Waals surface area (Å²) in [5, 5.41) is 3.37. The molecule has 0 saturated carbocycles. The lowest BCUT2D eigenvalue weighted by Gasteiger charge is -2.13. The van der Waals surface area contributed by atoms with Crippen LogP contribution in [-0.2, 0) is 6.54 Å². The Hall–Kier alpha value is -2.00. The topological polar surface area (TPSA) is 30.5 Å². The molecule has 0 atom stereocenters. The molecule has 0 amide bonds. The van der Waals surface area contributed by atoms with Gasteiger partial charge in [0.25, 0.3) is 0 Å². The van der Waals surface area contributed by atoms with Gasteiger partial charge in [0.2, 0.25) is 0 Å². The normalized spacial score (nSPS) is 10.3. The quantitative estimate of drug-likeness (QED) is 0.872. The highest BCUT2D eigenvalue weighted by Crippen LogP contribution is 2.29. The third-order valence-corrected chi connectivity index (χ3v) is 3.26. The van der Waals surface area contributed by atoms with Crippen molar-refractivity contribution in [3.05, 3.63) is 48.0 Å². The fourth-order valence-corrected chi connectivity index (χ4v) is 2.18. The van der Waals surface area contributed by atoms with Crippen molar-refractivity contribution in [1.82, 2.24) is 5.32 Å². The van der Waals surface area contributed by atoms with Gasteiger partial charge >= 0.3 is 0 Å². The maximum absolute atomic E-state index is 5.32. The van der Waals surface area contributed by atoms with Crippen LogP contribution in [0.15, 0.2) is 42.5 Å². The van der Waals surface area contributed by atoms with E-state index in [1.807, 2.05) is 18.2 Å². The highest BCUT2D eigenvalue weighted by atomic mass is 16.5. The van der Waals surface area contributed by atoms with E-state index in [0.29, 0.717) is 0 Å². The van der Waals surface area contributed by atoms with Gasteiger partial charge in [-0.25, -0.2) is 0 Å². The van der Waals surface area contributed by atoms with Gasteiger partial charge in [-0.1, -0.05) is 25.1 Å². The summed E-state index contributed by atoms with van der Waals surface area (Å²) in [5.41, 5.74) is 3.57. The third-order valence-electron chi connectivity index (χ3n) is 3.26. The number of methoxy groups -OCH3 is 2. The molecule has 0 heterocycles. The number of hydrogen-bond donors (Lipinski definition) is 1. The number of hydrogen-bond acceptors (Lipinski definition) is 3. The lowest BCUT2D eigenvalue weighted by atomic mass is 9.99. The lowest BCUT2D eigenvalue weighted by molar-refractivity contribution is 0.414. The van der Waals surface area contributed by atoms with E-state index in [4.69, 9.17) is 9.47 Å². The van der Waals surface area contributed by atoms with Crippen LogP contribution < -0.4 is 14.8 Å². The van der Waals surface area contributed by atoms with Gasteiger partial charge in [-0.3, -0.25) is 0 Å². The van der Waals surface area contributed by atoms with Crippen molar-refractivity contribution in [2.75, 3.05) is 20.8 Å². The average Bonchev–Trinajstić information content (AvgIpc) is 2.52. The molecule has 0 fully saturated rings. The minimum atomic E-state index is 0.820. The van der Waals surface area contributed by atoms with Gasteiger partial charge in [0.15, 0.2) is 0 Å². The third kappa shape index (κ3) is 3.31. The van der Waals surface area contributed by atoms with E-state index in [-0.39, 0.29) is 0 Å². The van der Waals surface area contributed by atoms with Crippen LogP contribution in [0.4, 0.5) is 0 Å². The smallest absolute Gasteiger partial charge is 0.119 e. The van der Waals surface area contributed by atoms with E-state index in [1.54, 1.807) is 14.2 Å². The molecular formula is C17H21NO2. The van der Waals surface area contributed by atoms with Crippen molar-refractivity contribution in [3.8, 4) is 22.6 Å². The molecule has 0 spiro atoms. The van der Waals surface area contributed by atoms with E-state index in [1.165, 1.54) is 11.1 Å². The summed E-state index contributed by atoms with van der Waals surface area (Å²) in [7, 11) is 3.38. The number of benzene rings is 2. The Morgan fingerprint density at radius 3 is 2.40 bits per heavy atom. The zero-order chi connectivity index (χ0) is 14.4. The minimum absolute atomic E-state index is 0.820. The highest BCUT2D eigenvalue weighted by Gasteiger charge is 2.07. The Labute approximate surface area is 120 Å². The molecule has 0 bridgehead atoms. The van der Waals surface area contributed by atoms with Gasteiger partial charge in [-0.05, 0) is 47.5 Å². The molecule has 2 aromatic carbocycles. The van der Waals surface area contributed by atoms with Gasteiger partial charge in [-0.2, -0.15) is 0 Å². The molecule has 2 aromatic rings. The predicted molar refractivity (Wildman–Crippen MR) is 82.4 cm³/mol. The second-order valence-electron chi connectivity index (χ2n) is 4.54. The summed E-state index contributed by atoms with van der Waals surface area (Å²) in [6, 6.07) is 14.3. The van der Waals surface area contributed by atoms with Gasteiger partial charge in [-0.15, -0.1) is 0 Å². The van der Waals surface area contributed by atoms with Crippen LogP contribution in [-0.4, -0.2) is 20.8 Å². The zero-order valence-corrected chi connectivity index (χ0v) is 12.3.